The molecule has 0 amide bonds. The molecule has 0 heterocycles. The maximum Gasteiger partial charge on any atom is 0.201 e. The summed E-state index contributed by atoms with van der Waals surface area (Å²) in [5.41, 5.74) is 0.494. The van der Waals surface area contributed by atoms with Gasteiger partial charge in [0.25, 0.3) is 0 Å². The Morgan fingerprint density at radius 3 is 2.23 bits per heavy atom. The topological polar surface area (TPSA) is 68.3 Å². The molecule has 1 fully saturated rings. The molecule has 1 aliphatic rings. The summed E-state index contributed by atoms with van der Waals surface area (Å²) in [7, 11) is -3.49. The standard InChI is InChI=1S/C17H22O4S/c1-11-5-7-13(8-6-11)22(20,21)10-14-12(2)16(19)15(18)9-17(14,3)4/h5-8,12,14H,9-10H2,1-4H3. The minimum absolute atomic E-state index is 0.108. The lowest BCUT2D eigenvalue weighted by Gasteiger charge is -2.40. The second kappa shape index (κ2) is 5.61. The van der Waals surface area contributed by atoms with E-state index in [-0.39, 0.29) is 28.8 Å². The van der Waals surface area contributed by atoms with Crippen molar-refractivity contribution in [3.05, 3.63) is 29.8 Å². The van der Waals surface area contributed by atoms with Gasteiger partial charge >= 0.3 is 0 Å². The molecule has 0 bridgehead atoms. The lowest BCUT2D eigenvalue weighted by molar-refractivity contribution is -0.146. The number of Topliss-reactive ketones (excluding diaryl/α,β-unsaturated/α-hetero) is 2. The summed E-state index contributed by atoms with van der Waals surface area (Å²) >= 11 is 0. The predicted molar refractivity (Wildman–Crippen MR) is 84.3 cm³/mol. The van der Waals surface area contributed by atoms with E-state index in [1.165, 1.54) is 0 Å². The second-order valence-electron chi connectivity index (χ2n) is 6.94. The van der Waals surface area contributed by atoms with Gasteiger partial charge in [0.1, 0.15) is 0 Å². The number of rotatable bonds is 3. The van der Waals surface area contributed by atoms with Crippen molar-refractivity contribution >= 4 is 21.4 Å². The molecule has 0 spiro atoms. The second-order valence-corrected chi connectivity index (χ2v) is 8.98. The van der Waals surface area contributed by atoms with Crippen LogP contribution in [-0.2, 0) is 19.4 Å². The molecule has 120 valence electrons. The van der Waals surface area contributed by atoms with Crippen molar-refractivity contribution in [3.63, 3.8) is 0 Å². The maximum absolute atomic E-state index is 12.6. The zero-order valence-corrected chi connectivity index (χ0v) is 14.2. The van der Waals surface area contributed by atoms with Crippen molar-refractivity contribution in [2.75, 3.05) is 5.75 Å². The Kier molecular flexibility index (Phi) is 4.30. The fraction of sp³-hybridized carbons (Fsp3) is 0.529. The summed E-state index contributed by atoms with van der Waals surface area (Å²) in [4.78, 5) is 24.0. The summed E-state index contributed by atoms with van der Waals surface area (Å²) in [6.45, 7) is 7.29. The Morgan fingerprint density at radius 2 is 1.68 bits per heavy atom. The van der Waals surface area contributed by atoms with Gasteiger partial charge < -0.3 is 0 Å². The average Bonchev–Trinajstić information content (AvgIpc) is 2.41. The smallest absolute Gasteiger partial charge is 0.201 e. The lowest BCUT2D eigenvalue weighted by atomic mass is 9.64. The van der Waals surface area contributed by atoms with E-state index in [1.54, 1.807) is 31.2 Å². The zero-order valence-electron chi connectivity index (χ0n) is 13.4. The number of sulfone groups is 1. The summed E-state index contributed by atoms with van der Waals surface area (Å²) < 4.78 is 25.3. The molecule has 1 saturated carbocycles. The third-order valence-electron chi connectivity index (χ3n) is 4.69. The molecule has 2 rings (SSSR count). The average molecular weight is 322 g/mol. The van der Waals surface area contributed by atoms with Crippen LogP contribution in [0.5, 0.6) is 0 Å². The third-order valence-corrected chi connectivity index (χ3v) is 6.48. The quantitative estimate of drug-likeness (QED) is 0.802. The number of carbonyl (C=O) groups excluding carboxylic acids is 2. The van der Waals surface area contributed by atoms with Gasteiger partial charge in [0.15, 0.2) is 15.6 Å². The molecule has 0 saturated heterocycles. The third kappa shape index (κ3) is 3.14. The van der Waals surface area contributed by atoms with Crippen molar-refractivity contribution in [1.82, 2.24) is 0 Å². The highest BCUT2D eigenvalue weighted by Crippen LogP contribution is 2.42. The van der Waals surface area contributed by atoms with E-state index in [0.717, 1.165) is 5.56 Å². The Morgan fingerprint density at radius 1 is 1.14 bits per heavy atom. The molecule has 5 heteroatoms. The fourth-order valence-electron chi connectivity index (χ4n) is 3.19. The molecule has 0 radical (unpaired) electrons. The monoisotopic (exact) mass is 322 g/mol. The molecule has 0 N–H and O–H groups in total. The number of aryl methyl sites for hydroxylation is 1. The molecule has 22 heavy (non-hydrogen) atoms. The number of hydrogen-bond donors (Lipinski definition) is 0. The van der Waals surface area contributed by atoms with E-state index in [9.17, 15) is 18.0 Å². The summed E-state index contributed by atoms with van der Waals surface area (Å²) in [6.07, 6.45) is 0.115. The van der Waals surface area contributed by atoms with Crippen LogP contribution in [-0.4, -0.2) is 25.7 Å². The Hall–Kier alpha value is -1.49. The molecule has 1 aromatic rings. The molecular weight excluding hydrogens is 300 g/mol. The molecule has 2 atom stereocenters. The van der Waals surface area contributed by atoms with Gasteiger partial charge in [0, 0.05) is 12.3 Å². The van der Waals surface area contributed by atoms with Crippen LogP contribution < -0.4 is 0 Å². The summed E-state index contributed by atoms with van der Waals surface area (Å²) in [5.74, 6) is -1.85. The van der Waals surface area contributed by atoms with E-state index in [2.05, 4.69) is 0 Å². The Balaban J connectivity index is 2.33. The SMILES string of the molecule is Cc1ccc(S(=O)(=O)CC2C(C)C(=O)C(=O)CC2(C)C)cc1. The van der Waals surface area contributed by atoms with E-state index in [1.807, 2.05) is 20.8 Å². The van der Waals surface area contributed by atoms with Crippen LogP contribution in [0.3, 0.4) is 0 Å². The highest BCUT2D eigenvalue weighted by molar-refractivity contribution is 7.91. The molecule has 1 aromatic carbocycles. The van der Waals surface area contributed by atoms with Crippen LogP contribution in [0.25, 0.3) is 0 Å². The molecular formula is C17H22O4S. The van der Waals surface area contributed by atoms with Gasteiger partial charge in [-0.3, -0.25) is 9.59 Å². The van der Waals surface area contributed by atoms with Crippen molar-refractivity contribution in [2.24, 2.45) is 17.3 Å². The summed E-state index contributed by atoms with van der Waals surface area (Å²) in [5, 5.41) is 0. The van der Waals surface area contributed by atoms with Gasteiger partial charge in [-0.2, -0.15) is 0 Å². The summed E-state index contributed by atoms with van der Waals surface area (Å²) in [6, 6.07) is 6.71. The van der Waals surface area contributed by atoms with E-state index < -0.39 is 27.0 Å². The molecule has 4 nitrogen and oxygen atoms in total. The van der Waals surface area contributed by atoms with Crippen LogP contribution in [0.15, 0.2) is 29.2 Å². The van der Waals surface area contributed by atoms with Crippen molar-refractivity contribution < 1.29 is 18.0 Å². The van der Waals surface area contributed by atoms with Gasteiger partial charge in [-0.05, 0) is 30.4 Å². The van der Waals surface area contributed by atoms with Crippen LogP contribution in [0.1, 0.15) is 32.8 Å². The number of ketones is 2. The molecule has 0 aliphatic heterocycles. The van der Waals surface area contributed by atoms with Crippen LogP contribution in [0, 0.1) is 24.2 Å². The van der Waals surface area contributed by atoms with Gasteiger partial charge in [-0.15, -0.1) is 0 Å². The van der Waals surface area contributed by atoms with Crippen molar-refractivity contribution in [3.8, 4) is 0 Å². The Bertz CT molecular complexity index is 699. The van der Waals surface area contributed by atoms with E-state index >= 15 is 0 Å². The minimum Gasteiger partial charge on any atom is -0.291 e. The first-order valence-electron chi connectivity index (χ1n) is 7.41. The van der Waals surface area contributed by atoms with Crippen LogP contribution >= 0.6 is 0 Å². The van der Waals surface area contributed by atoms with Gasteiger partial charge in [0.2, 0.25) is 5.78 Å². The van der Waals surface area contributed by atoms with Gasteiger partial charge in [0.05, 0.1) is 10.6 Å². The first-order valence-corrected chi connectivity index (χ1v) is 9.06. The highest BCUT2D eigenvalue weighted by Gasteiger charge is 2.47. The first-order chi connectivity index (χ1) is 10.0. The first kappa shape index (κ1) is 16.9. The number of carbonyl (C=O) groups is 2. The van der Waals surface area contributed by atoms with Crippen LogP contribution in [0.4, 0.5) is 0 Å². The number of benzene rings is 1. The van der Waals surface area contributed by atoms with Crippen molar-refractivity contribution in [1.29, 1.82) is 0 Å². The predicted octanol–water partition coefficient (Wildman–Crippen LogP) is 2.59. The molecule has 0 aromatic heterocycles. The minimum atomic E-state index is -3.49. The van der Waals surface area contributed by atoms with Crippen LogP contribution in [0.2, 0.25) is 0 Å². The fourth-order valence-corrected chi connectivity index (χ4v) is 5.15. The number of hydrogen-bond acceptors (Lipinski definition) is 4. The highest BCUT2D eigenvalue weighted by atomic mass is 32.2. The maximum atomic E-state index is 12.6. The van der Waals surface area contributed by atoms with E-state index in [0.29, 0.717) is 0 Å². The molecule has 1 aliphatic carbocycles. The lowest BCUT2D eigenvalue weighted by Crippen LogP contribution is -2.47. The van der Waals surface area contributed by atoms with Crippen molar-refractivity contribution in [2.45, 2.75) is 39.0 Å². The molecule has 2 unspecified atom stereocenters. The zero-order chi connectivity index (χ0) is 16.7. The van der Waals surface area contributed by atoms with E-state index in [4.69, 9.17) is 0 Å². The van der Waals surface area contributed by atoms with Gasteiger partial charge in [-0.1, -0.05) is 38.5 Å². The largest absolute Gasteiger partial charge is 0.291 e. The van der Waals surface area contributed by atoms with Gasteiger partial charge in [-0.25, -0.2) is 8.42 Å². The normalized spacial score (nSPS) is 25.3. The Labute approximate surface area is 131 Å².